The first-order chi connectivity index (χ1) is 6.45. The molecule has 0 amide bonds. The lowest BCUT2D eigenvalue weighted by Gasteiger charge is -2.11. The van der Waals surface area contributed by atoms with Crippen molar-refractivity contribution >= 4 is 16.8 Å². The number of hydrogen-bond acceptors (Lipinski definition) is 2. The Morgan fingerprint density at radius 1 is 0.875 bits per heavy atom. The molecule has 6 N–H and O–H groups in total. The number of rotatable bonds is 0. The molecule has 0 aliphatic heterocycles. The second-order valence-corrected chi connectivity index (χ2v) is 3.47. The van der Waals surface area contributed by atoms with Crippen LogP contribution in [0.1, 0.15) is 18.6 Å². The standard InChI is InChI=1S/C13H10.CH4.2H3N/c1-4-10-6-2-8-12-9-3-7-11(5-1)13(10)12;;;/h1-8H,9H2;1H4;2*1H3. The van der Waals surface area contributed by atoms with E-state index in [1.54, 1.807) is 0 Å². The number of hydrogen-bond donors (Lipinski definition) is 2. The Bertz CT molecular complexity index is 496. The first-order valence-corrected chi connectivity index (χ1v) is 4.62. The molecule has 0 bridgehead atoms. The van der Waals surface area contributed by atoms with E-state index in [0.717, 1.165) is 6.42 Å². The molecule has 2 aromatic rings. The summed E-state index contributed by atoms with van der Waals surface area (Å²) in [6.45, 7) is 0. The molecule has 0 unspecified atom stereocenters. The summed E-state index contributed by atoms with van der Waals surface area (Å²) in [5.74, 6) is 0. The zero-order valence-corrected chi connectivity index (χ0v) is 8.74. The molecule has 2 aromatic carbocycles. The molecule has 0 saturated heterocycles. The van der Waals surface area contributed by atoms with E-state index >= 15 is 0 Å². The monoisotopic (exact) mass is 216 g/mol. The SMILES string of the molecule is C.C1=Cc2cccc3cccc(c23)C1.N.N. The van der Waals surface area contributed by atoms with Gasteiger partial charge in [-0.25, -0.2) is 0 Å². The summed E-state index contributed by atoms with van der Waals surface area (Å²) in [5.41, 5.74) is 2.81. The predicted octanol–water partition coefficient (Wildman–Crippen LogP) is 4.37. The van der Waals surface area contributed by atoms with Gasteiger partial charge in [0.2, 0.25) is 0 Å². The molecule has 2 heteroatoms. The molecule has 0 radical (unpaired) electrons. The third-order valence-electron chi connectivity index (χ3n) is 2.66. The van der Waals surface area contributed by atoms with Crippen LogP contribution in [-0.2, 0) is 6.42 Å². The van der Waals surface area contributed by atoms with Crippen LogP contribution in [0.3, 0.4) is 0 Å². The van der Waals surface area contributed by atoms with Crippen molar-refractivity contribution in [1.82, 2.24) is 12.3 Å². The van der Waals surface area contributed by atoms with E-state index in [0.29, 0.717) is 0 Å². The van der Waals surface area contributed by atoms with Crippen LogP contribution < -0.4 is 12.3 Å². The van der Waals surface area contributed by atoms with Crippen molar-refractivity contribution in [2.75, 3.05) is 0 Å². The summed E-state index contributed by atoms with van der Waals surface area (Å²) in [5, 5.41) is 2.80. The maximum absolute atomic E-state index is 2.23. The van der Waals surface area contributed by atoms with Crippen molar-refractivity contribution in [2.24, 2.45) is 0 Å². The van der Waals surface area contributed by atoms with Gasteiger partial charge in [0.15, 0.2) is 0 Å². The summed E-state index contributed by atoms with van der Waals surface area (Å²) >= 11 is 0. The van der Waals surface area contributed by atoms with Gasteiger partial charge in [0.1, 0.15) is 0 Å². The molecular weight excluding hydrogens is 196 g/mol. The summed E-state index contributed by atoms with van der Waals surface area (Å²) < 4.78 is 0. The number of allylic oxidation sites excluding steroid dienone is 1. The first-order valence-electron chi connectivity index (χ1n) is 4.62. The molecule has 1 aliphatic rings. The van der Waals surface area contributed by atoms with Crippen molar-refractivity contribution in [2.45, 2.75) is 13.8 Å². The van der Waals surface area contributed by atoms with E-state index in [-0.39, 0.29) is 19.7 Å². The van der Waals surface area contributed by atoms with Gasteiger partial charge in [0.05, 0.1) is 0 Å². The minimum absolute atomic E-state index is 0. The normalized spacial score (nSPS) is 11.0. The molecule has 86 valence electrons. The van der Waals surface area contributed by atoms with Gasteiger partial charge in [-0.1, -0.05) is 56.0 Å². The summed E-state index contributed by atoms with van der Waals surface area (Å²) in [7, 11) is 0. The summed E-state index contributed by atoms with van der Waals surface area (Å²) in [6, 6.07) is 13.0. The molecule has 2 nitrogen and oxygen atoms in total. The summed E-state index contributed by atoms with van der Waals surface area (Å²) in [4.78, 5) is 0. The van der Waals surface area contributed by atoms with Gasteiger partial charge in [-0.05, 0) is 28.3 Å². The van der Waals surface area contributed by atoms with Crippen LogP contribution in [0, 0.1) is 0 Å². The lowest BCUT2D eigenvalue weighted by atomic mass is 9.93. The van der Waals surface area contributed by atoms with E-state index in [2.05, 4.69) is 48.6 Å². The minimum atomic E-state index is 0. The largest absolute Gasteiger partial charge is 0.344 e. The van der Waals surface area contributed by atoms with Gasteiger partial charge in [0, 0.05) is 0 Å². The van der Waals surface area contributed by atoms with Crippen LogP contribution in [0.25, 0.3) is 16.8 Å². The highest BCUT2D eigenvalue weighted by Gasteiger charge is 2.06. The Balaban J connectivity index is 0.000000750. The molecule has 0 spiro atoms. The maximum atomic E-state index is 2.23. The zero-order valence-electron chi connectivity index (χ0n) is 8.74. The van der Waals surface area contributed by atoms with Crippen LogP contribution in [0.5, 0.6) is 0 Å². The van der Waals surface area contributed by atoms with E-state index in [1.165, 1.54) is 21.9 Å². The van der Waals surface area contributed by atoms with Crippen LogP contribution >= 0.6 is 0 Å². The van der Waals surface area contributed by atoms with E-state index < -0.39 is 0 Å². The van der Waals surface area contributed by atoms with E-state index in [9.17, 15) is 0 Å². The molecule has 16 heavy (non-hydrogen) atoms. The van der Waals surface area contributed by atoms with Crippen LogP contribution in [-0.4, -0.2) is 0 Å². The van der Waals surface area contributed by atoms with Gasteiger partial charge in [-0.15, -0.1) is 0 Å². The molecule has 3 rings (SSSR count). The first kappa shape index (κ1) is 14.4. The average molecular weight is 216 g/mol. The van der Waals surface area contributed by atoms with Crippen molar-refractivity contribution in [1.29, 1.82) is 0 Å². The topological polar surface area (TPSA) is 70.0 Å². The second-order valence-electron chi connectivity index (χ2n) is 3.47. The average Bonchev–Trinajstić information content (AvgIpc) is 2.19. The Hall–Kier alpha value is -1.64. The Morgan fingerprint density at radius 3 is 2.31 bits per heavy atom. The summed E-state index contributed by atoms with van der Waals surface area (Å²) in [6.07, 6.45) is 5.53. The molecule has 0 aromatic heterocycles. The molecule has 0 fully saturated rings. The maximum Gasteiger partial charge on any atom is -0.00763 e. The molecule has 0 saturated carbocycles. The lowest BCUT2D eigenvalue weighted by molar-refractivity contribution is 1.29. The van der Waals surface area contributed by atoms with Crippen LogP contribution in [0.2, 0.25) is 0 Å². The smallest absolute Gasteiger partial charge is 0.00763 e. The third-order valence-corrected chi connectivity index (χ3v) is 2.66. The van der Waals surface area contributed by atoms with Crippen molar-refractivity contribution in [3.8, 4) is 0 Å². The fourth-order valence-electron chi connectivity index (χ4n) is 2.07. The molecular formula is C14H20N2. The van der Waals surface area contributed by atoms with Gasteiger partial charge in [-0.3, -0.25) is 0 Å². The Kier molecular flexibility index (Phi) is 4.89. The molecule has 0 atom stereocenters. The van der Waals surface area contributed by atoms with Crippen LogP contribution in [0.15, 0.2) is 42.5 Å². The van der Waals surface area contributed by atoms with E-state index in [1.807, 2.05) is 0 Å². The molecule has 1 aliphatic carbocycles. The Morgan fingerprint density at radius 2 is 1.56 bits per heavy atom. The Labute approximate surface area is 97.2 Å². The fourth-order valence-corrected chi connectivity index (χ4v) is 2.07. The van der Waals surface area contributed by atoms with Crippen molar-refractivity contribution < 1.29 is 0 Å². The van der Waals surface area contributed by atoms with E-state index in [4.69, 9.17) is 0 Å². The van der Waals surface area contributed by atoms with Crippen molar-refractivity contribution in [3.63, 3.8) is 0 Å². The zero-order chi connectivity index (χ0) is 8.67. The number of benzene rings is 2. The highest BCUT2D eigenvalue weighted by molar-refractivity contribution is 5.94. The highest BCUT2D eigenvalue weighted by atomic mass is 14.1. The predicted molar refractivity (Wildman–Crippen MR) is 73.5 cm³/mol. The van der Waals surface area contributed by atoms with Gasteiger partial charge >= 0.3 is 0 Å². The minimum Gasteiger partial charge on any atom is -0.344 e. The second kappa shape index (κ2) is 5.45. The molecule has 0 heterocycles. The quantitative estimate of drug-likeness (QED) is 0.686. The lowest BCUT2D eigenvalue weighted by Crippen LogP contribution is -1.91. The van der Waals surface area contributed by atoms with Gasteiger partial charge < -0.3 is 12.3 Å². The van der Waals surface area contributed by atoms with Crippen molar-refractivity contribution in [3.05, 3.63) is 53.6 Å². The van der Waals surface area contributed by atoms with Crippen LogP contribution in [0.4, 0.5) is 0 Å². The van der Waals surface area contributed by atoms with Gasteiger partial charge in [0.25, 0.3) is 0 Å². The third kappa shape index (κ3) is 1.98. The fraction of sp³-hybridized carbons (Fsp3) is 0.143. The highest BCUT2D eigenvalue weighted by Crippen LogP contribution is 2.27. The van der Waals surface area contributed by atoms with Gasteiger partial charge in [-0.2, -0.15) is 0 Å².